The fraction of sp³-hybridized carbons (Fsp3) is 0.643. The molecule has 1 rings (SSSR count). The molecule has 0 bridgehead atoms. The highest BCUT2D eigenvalue weighted by Crippen LogP contribution is 2.22. The standard InChI is InChI=1S/C14H23NO2S/c1-3-4-5-6-9-15-12(11-14(16)17-2)13-8-7-10-18-13/h7-8,10,12,15H,3-6,9,11H2,1-2H3. The van der Waals surface area contributed by atoms with Crippen LogP contribution in [0.1, 0.15) is 49.9 Å². The number of thiophene rings is 1. The first kappa shape index (κ1) is 15.2. The van der Waals surface area contributed by atoms with Crippen molar-refractivity contribution in [3.8, 4) is 0 Å². The zero-order valence-corrected chi connectivity index (χ0v) is 12.1. The number of carbonyl (C=O) groups is 1. The number of nitrogens with one attached hydrogen (secondary N) is 1. The quantitative estimate of drug-likeness (QED) is 0.550. The highest BCUT2D eigenvalue weighted by molar-refractivity contribution is 7.10. The zero-order valence-electron chi connectivity index (χ0n) is 11.3. The minimum absolute atomic E-state index is 0.0964. The lowest BCUT2D eigenvalue weighted by atomic mass is 10.1. The fourth-order valence-corrected chi connectivity index (χ4v) is 2.64. The molecule has 3 nitrogen and oxygen atoms in total. The maximum Gasteiger partial charge on any atom is 0.307 e. The third kappa shape index (κ3) is 5.65. The number of methoxy groups -OCH3 is 1. The van der Waals surface area contributed by atoms with Crippen molar-refractivity contribution in [1.82, 2.24) is 5.32 Å². The normalized spacial score (nSPS) is 12.3. The van der Waals surface area contributed by atoms with E-state index in [-0.39, 0.29) is 12.0 Å². The molecular weight excluding hydrogens is 246 g/mol. The van der Waals surface area contributed by atoms with Gasteiger partial charge in [-0.1, -0.05) is 32.3 Å². The van der Waals surface area contributed by atoms with E-state index in [1.165, 1.54) is 31.2 Å². The molecule has 1 atom stereocenters. The van der Waals surface area contributed by atoms with Gasteiger partial charge in [-0.05, 0) is 24.4 Å². The molecule has 4 heteroatoms. The lowest BCUT2D eigenvalue weighted by Crippen LogP contribution is -2.24. The molecule has 0 spiro atoms. The molecule has 0 aliphatic rings. The summed E-state index contributed by atoms with van der Waals surface area (Å²) in [5, 5.41) is 5.50. The Morgan fingerprint density at radius 3 is 2.89 bits per heavy atom. The summed E-state index contributed by atoms with van der Waals surface area (Å²) in [5.74, 6) is -0.158. The molecule has 0 saturated heterocycles. The lowest BCUT2D eigenvalue weighted by molar-refractivity contribution is -0.141. The molecule has 0 aliphatic carbocycles. The van der Waals surface area contributed by atoms with E-state index in [2.05, 4.69) is 18.3 Å². The molecule has 0 amide bonds. The highest BCUT2D eigenvalue weighted by atomic mass is 32.1. The smallest absolute Gasteiger partial charge is 0.307 e. The van der Waals surface area contributed by atoms with Crippen molar-refractivity contribution in [1.29, 1.82) is 0 Å². The van der Waals surface area contributed by atoms with E-state index in [1.54, 1.807) is 11.3 Å². The second-order valence-corrected chi connectivity index (χ2v) is 5.34. The molecule has 18 heavy (non-hydrogen) atoms. The number of hydrogen-bond acceptors (Lipinski definition) is 4. The third-order valence-electron chi connectivity index (χ3n) is 2.91. The van der Waals surface area contributed by atoms with Crippen LogP contribution in [-0.4, -0.2) is 19.6 Å². The van der Waals surface area contributed by atoms with Crippen LogP contribution in [0.25, 0.3) is 0 Å². The summed E-state index contributed by atoms with van der Waals surface area (Å²) < 4.78 is 4.75. The van der Waals surface area contributed by atoms with Gasteiger partial charge in [0.25, 0.3) is 0 Å². The molecule has 0 aromatic carbocycles. The average Bonchev–Trinajstić information content (AvgIpc) is 2.90. The van der Waals surface area contributed by atoms with Gasteiger partial charge in [0.15, 0.2) is 0 Å². The molecule has 0 saturated carbocycles. The van der Waals surface area contributed by atoms with Gasteiger partial charge in [-0.3, -0.25) is 4.79 Å². The largest absolute Gasteiger partial charge is 0.469 e. The minimum atomic E-state index is -0.158. The molecule has 1 aromatic rings. The Balaban J connectivity index is 2.38. The van der Waals surface area contributed by atoms with Crippen molar-refractivity contribution < 1.29 is 9.53 Å². The number of rotatable bonds is 9. The van der Waals surface area contributed by atoms with Gasteiger partial charge in [0.2, 0.25) is 0 Å². The summed E-state index contributed by atoms with van der Waals surface area (Å²) in [4.78, 5) is 12.6. The molecule has 1 N–H and O–H groups in total. The number of carbonyl (C=O) groups excluding carboxylic acids is 1. The molecular formula is C14H23NO2S. The minimum Gasteiger partial charge on any atom is -0.469 e. The fourth-order valence-electron chi connectivity index (χ4n) is 1.84. The Morgan fingerprint density at radius 2 is 2.28 bits per heavy atom. The molecule has 0 aliphatic heterocycles. The van der Waals surface area contributed by atoms with Gasteiger partial charge in [-0.2, -0.15) is 0 Å². The predicted octanol–water partition coefficient (Wildman–Crippen LogP) is 3.52. The molecule has 0 radical (unpaired) electrons. The first-order valence-electron chi connectivity index (χ1n) is 6.61. The van der Waals surface area contributed by atoms with Crippen molar-refractivity contribution in [3.63, 3.8) is 0 Å². The summed E-state index contributed by atoms with van der Waals surface area (Å²) in [6.45, 7) is 3.17. The predicted molar refractivity (Wildman–Crippen MR) is 75.8 cm³/mol. The van der Waals surface area contributed by atoms with E-state index >= 15 is 0 Å². The van der Waals surface area contributed by atoms with Gasteiger partial charge in [0.05, 0.1) is 19.6 Å². The Morgan fingerprint density at radius 1 is 1.44 bits per heavy atom. The van der Waals surface area contributed by atoms with Crippen LogP contribution < -0.4 is 5.32 Å². The second kappa shape index (κ2) is 9.11. The van der Waals surface area contributed by atoms with Crippen molar-refractivity contribution in [2.45, 2.75) is 45.1 Å². The number of hydrogen-bond donors (Lipinski definition) is 1. The van der Waals surface area contributed by atoms with Crippen LogP contribution in [0.15, 0.2) is 17.5 Å². The monoisotopic (exact) mass is 269 g/mol. The van der Waals surface area contributed by atoms with Gasteiger partial charge in [0.1, 0.15) is 0 Å². The highest BCUT2D eigenvalue weighted by Gasteiger charge is 2.16. The number of esters is 1. The van der Waals surface area contributed by atoms with Crippen LogP contribution in [0.5, 0.6) is 0 Å². The Kier molecular flexibility index (Phi) is 7.69. The van der Waals surface area contributed by atoms with Gasteiger partial charge < -0.3 is 10.1 Å². The molecule has 0 fully saturated rings. The van der Waals surface area contributed by atoms with E-state index in [9.17, 15) is 4.79 Å². The maximum absolute atomic E-state index is 11.4. The summed E-state index contributed by atoms with van der Waals surface area (Å²) in [6, 6.07) is 4.18. The Labute approximate surface area is 114 Å². The van der Waals surface area contributed by atoms with Crippen LogP contribution in [0, 0.1) is 0 Å². The van der Waals surface area contributed by atoms with Crippen molar-refractivity contribution in [2.75, 3.05) is 13.7 Å². The topological polar surface area (TPSA) is 38.3 Å². The van der Waals surface area contributed by atoms with E-state index in [0.717, 1.165) is 13.0 Å². The Hall–Kier alpha value is -0.870. The summed E-state index contributed by atoms with van der Waals surface area (Å²) in [5.41, 5.74) is 0. The van der Waals surface area contributed by atoms with Gasteiger partial charge in [-0.15, -0.1) is 11.3 Å². The SMILES string of the molecule is CCCCCCNC(CC(=O)OC)c1cccs1. The first-order valence-corrected chi connectivity index (χ1v) is 7.49. The van der Waals surface area contributed by atoms with E-state index in [1.807, 2.05) is 11.4 Å². The molecule has 1 aromatic heterocycles. The zero-order chi connectivity index (χ0) is 13.2. The van der Waals surface area contributed by atoms with Crippen LogP contribution in [-0.2, 0) is 9.53 Å². The molecule has 1 unspecified atom stereocenters. The van der Waals surface area contributed by atoms with Gasteiger partial charge >= 0.3 is 5.97 Å². The first-order chi connectivity index (χ1) is 8.77. The second-order valence-electron chi connectivity index (χ2n) is 4.36. The van der Waals surface area contributed by atoms with Crippen LogP contribution in [0.2, 0.25) is 0 Å². The third-order valence-corrected chi connectivity index (χ3v) is 3.89. The maximum atomic E-state index is 11.4. The number of ether oxygens (including phenoxy) is 1. The lowest BCUT2D eigenvalue weighted by Gasteiger charge is -2.16. The average molecular weight is 269 g/mol. The van der Waals surface area contributed by atoms with Crippen LogP contribution in [0.3, 0.4) is 0 Å². The van der Waals surface area contributed by atoms with Crippen molar-refractivity contribution in [2.24, 2.45) is 0 Å². The summed E-state index contributed by atoms with van der Waals surface area (Å²) in [7, 11) is 1.44. The molecule has 1 heterocycles. The van der Waals surface area contributed by atoms with Crippen molar-refractivity contribution in [3.05, 3.63) is 22.4 Å². The van der Waals surface area contributed by atoms with Gasteiger partial charge in [-0.25, -0.2) is 0 Å². The summed E-state index contributed by atoms with van der Waals surface area (Å²) in [6.07, 6.45) is 5.35. The van der Waals surface area contributed by atoms with Gasteiger partial charge in [0, 0.05) is 4.88 Å². The van der Waals surface area contributed by atoms with Crippen LogP contribution in [0.4, 0.5) is 0 Å². The summed E-state index contributed by atoms with van der Waals surface area (Å²) >= 11 is 1.68. The van der Waals surface area contributed by atoms with E-state index in [4.69, 9.17) is 4.74 Å². The van der Waals surface area contributed by atoms with E-state index in [0.29, 0.717) is 6.42 Å². The molecule has 102 valence electrons. The Bertz CT molecular complexity index is 325. The van der Waals surface area contributed by atoms with Crippen molar-refractivity contribution >= 4 is 17.3 Å². The van der Waals surface area contributed by atoms with Crippen LogP contribution >= 0.6 is 11.3 Å². The van der Waals surface area contributed by atoms with E-state index < -0.39 is 0 Å². The number of unbranched alkanes of at least 4 members (excludes halogenated alkanes) is 3.